The minimum Gasteiger partial charge on any atom is -0.497 e. The van der Waals surface area contributed by atoms with Crippen LogP contribution in [0.4, 0.5) is 0 Å². The number of rotatable bonds is 9. The summed E-state index contributed by atoms with van der Waals surface area (Å²) in [6.45, 7) is 23.1. The molecular formula is C59H80O9S. The second-order valence-corrected chi connectivity index (χ2v) is 19.5. The van der Waals surface area contributed by atoms with Gasteiger partial charge >= 0.3 is 0 Å². The van der Waals surface area contributed by atoms with Gasteiger partial charge in [0, 0.05) is 16.7 Å². The lowest BCUT2D eigenvalue weighted by molar-refractivity contribution is -0.115. The van der Waals surface area contributed by atoms with Gasteiger partial charge in [0.1, 0.15) is 28.8 Å². The van der Waals surface area contributed by atoms with Crippen LogP contribution in [0.1, 0.15) is 142 Å². The summed E-state index contributed by atoms with van der Waals surface area (Å²) in [7, 11) is -0.431. The number of benzene rings is 6. The first kappa shape index (κ1) is 66.6. The highest BCUT2D eigenvalue weighted by Crippen LogP contribution is 2.25. The summed E-state index contributed by atoms with van der Waals surface area (Å²) in [5, 5.41) is 0. The number of ketones is 4. The van der Waals surface area contributed by atoms with E-state index in [9.17, 15) is 27.6 Å². The van der Waals surface area contributed by atoms with Gasteiger partial charge < -0.3 is 19.0 Å². The molecule has 0 N–H and O–H groups in total. The fraction of sp³-hybridized carbons (Fsp3) is 0.322. The third-order valence-electron chi connectivity index (χ3n) is 8.32. The summed E-state index contributed by atoms with van der Waals surface area (Å²) >= 11 is 0. The molecule has 0 aromatic heterocycles. The normalized spacial score (nSPS) is 9.88. The van der Waals surface area contributed by atoms with Crippen LogP contribution >= 0.6 is 0 Å². The average Bonchev–Trinajstić information content (AvgIpc) is 3.27. The van der Waals surface area contributed by atoms with E-state index in [1.54, 1.807) is 79.7 Å². The number of sulfone groups is 1. The van der Waals surface area contributed by atoms with Crippen LogP contribution in [0, 0.1) is 5.41 Å². The first-order valence-corrected chi connectivity index (χ1v) is 22.8. The van der Waals surface area contributed by atoms with Crippen molar-refractivity contribution in [3.8, 4) is 23.0 Å². The topological polar surface area (TPSA) is 130 Å². The van der Waals surface area contributed by atoms with E-state index in [0.29, 0.717) is 45.0 Å². The van der Waals surface area contributed by atoms with Gasteiger partial charge in [0.2, 0.25) is 9.84 Å². The zero-order valence-corrected chi connectivity index (χ0v) is 41.9. The van der Waals surface area contributed by atoms with Crippen LogP contribution in [0.5, 0.6) is 23.0 Å². The first-order valence-electron chi connectivity index (χ1n) is 21.3. The van der Waals surface area contributed by atoms with Crippen LogP contribution in [-0.4, -0.2) is 45.8 Å². The molecule has 69 heavy (non-hydrogen) atoms. The summed E-state index contributed by atoms with van der Waals surface area (Å²) in [4.78, 5) is 42.8. The molecule has 0 saturated heterocycles. The van der Waals surface area contributed by atoms with Gasteiger partial charge in [-0.25, -0.2) is 8.42 Å². The smallest absolute Gasteiger partial charge is 0.206 e. The van der Waals surface area contributed by atoms with Crippen LogP contribution in [-0.2, 0) is 20.0 Å². The molecule has 0 aliphatic rings. The molecular weight excluding hydrogens is 885 g/mol. The highest BCUT2D eigenvalue weighted by Gasteiger charge is 2.17. The Labute approximate surface area is 416 Å². The SMILES string of the molecule is C.C.C.CC(=O)c1ccc(Oc2ccc(C(C)=O)cc2)cc1.CC(=O)c1ccccc1.CC(C)(C)C.CC(C)(C)c1ccccc1.CC(C)=O.COc1ccc(S(=O)(=O)c2ccc(OC)cc2)cc1. The predicted molar refractivity (Wildman–Crippen MR) is 288 cm³/mol. The Kier molecular flexibility index (Phi) is 31.8. The van der Waals surface area contributed by atoms with Crippen molar-refractivity contribution in [2.45, 2.75) is 121 Å². The van der Waals surface area contributed by atoms with Crippen molar-refractivity contribution in [3.05, 3.63) is 180 Å². The van der Waals surface area contributed by atoms with Crippen molar-refractivity contribution in [3.63, 3.8) is 0 Å². The molecule has 0 saturated carbocycles. The molecule has 9 nitrogen and oxygen atoms in total. The quantitative estimate of drug-likeness (QED) is 0.130. The summed E-state index contributed by atoms with van der Waals surface area (Å²) in [5.74, 6) is 2.88. The molecule has 6 aromatic carbocycles. The molecule has 0 fully saturated rings. The van der Waals surface area contributed by atoms with E-state index in [2.05, 4.69) is 78.8 Å². The number of carbonyl (C=O) groups excluding carboxylic acids is 4. The van der Waals surface area contributed by atoms with E-state index in [1.807, 2.05) is 30.3 Å². The van der Waals surface area contributed by atoms with Crippen molar-refractivity contribution in [2.75, 3.05) is 14.2 Å². The minimum atomic E-state index is -3.50. The standard InChI is InChI=1S/C16H14O3.C14H14O4S.C10H14.C8H8O.C5H12.C3H6O.3CH4/c1-11(17)13-3-7-15(8-4-13)19-16-9-5-14(6-10-16)12(2)18;1-17-11-3-7-13(8-4-11)19(15,16)14-9-5-12(18-2)6-10-14;1-10(2,3)9-7-5-4-6-8-9;1-7(9)8-5-3-2-4-6-8;1-5(2,3)4;1-3(2)4;;;/h2*3-10H,1-2H3;4-8H,1-3H3;2-6H,1H3;1-4H3;1-2H3;3*1H4. The molecule has 0 unspecified atom stereocenters. The summed E-state index contributed by atoms with van der Waals surface area (Å²) < 4.78 is 40.3. The van der Waals surface area contributed by atoms with Gasteiger partial charge in [-0.15, -0.1) is 0 Å². The zero-order chi connectivity index (χ0) is 50.1. The van der Waals surface area contributed by atoms with Gasteiger partial charge in [-0.05, 0) is 148 Å². The van der Waals surface area contributed by atoms with E-state index in [-0.39, 0.29) is 55.2 Å². The average molecular weight is 965 g/mol. The lowest BCUT2D eigenvalue weighted by Gasteiger charge is -2.18. The fourth-order valence-electron chi connectivity index (χ4n) is 4.91. The van der Waals surface area contributed by atoms with E-state index in [1.165, 1.54) is 71.7 Å². The maximum absolute atomic E-state index is 12.4. The number of carbonyl (C=O) groups is 4. The second-order valence-electron chi connectivity index (χ2n) is 17.6. The largest absolute Gasteiger partial charge is 0.497 e. The molecule has 0 amide bonds. The molecule has 0 aliphatic carbocycles. The van der Waals surface area contributed by atoms with Crippen molar-refractivity contribution < 1.29 is 41.8 Å². The number of Topliss-reactive ketones (excluding diaryl/α,β-unsaturated/α-hetero) is 4. The third kappa shape index (κ3) is 28.3. The van der Waals surface area contributed by atoms with Gasteiger partial charge in [-0.2, -0.15) is 0 Å². The van der Waals surface area contributed by atoms with Crippen molar-refractivity contribution in [1.29, 1.82) is 0 Å². The van der Waals surface area contributed by atoms with Crippen LogP contribution < -0.4 is 14.2 Å². The minimum absolute atomic E-state index is 0. The first-order chi connectivity index (χ1) is 30.8. The maximum Gasteiger partial charge on any atom is 0.206 e. The predicted octanol–water partition coefficient (Wildman–Crippen LogP) is 15.8. The van der Waals surface area contributed by atoms with Crippen LogP contribution in [0.25, 0.3) is 0 Å². The van der Waals surface area contributed by atoms with Crippen molar-refractivity contribution in [1.82, 2.24) is 0 Å². The third-order valence-corrected chi connectivity index (χ3v) is 10.1. The van der Waals surface area contributed by atoms with E-state index >= 15 is 0 Å². The number of methoxy groups -OCH3 is 2. The number of ether oxygens (including phenoxy) is 3. The molecule has 0 radical (unpaired) electrons. The maximum atomic E-state index is 12.4. The summed E-state index contributed by atoms with van der Waals surface area (Å²) in [5.41, 5.74) is 4.27. The number of hydrogen-bond acceptors (Lipinski definition) is 9. The molecule has 0 bridgehead atoms. The lowest BCUT2D eigenvalue weighted by atomic mass is 9.87. The van der Waals surface area contributed by atoms with Crippen molar-refractivity contribution in [2.24, 2.45) is 5.41 Å². The van der Waals surface area contributed by atoms with Gasteiger partial charge in [0.05, 0.1) is 24.0 Å². The number of hydrogen-bond donors (Lipinski definition) is 0. The van der Waals surface area contributed by atoms with Crippen LogP contribution in [0.2, 0.25) is 0 Å². The Bertz CT molecular complexity index is 2350. The molecule has 10 heteroatoms. The van der Waals surface area contributed by atoms with Gasteiger partial charge in [0.15, 0.2) is 17.3 Å². The molecule has 0 heterocycles. The summed E-state index contributed by atoms with van der Waals surface area (Å²) in [6.07, 6.45) is 0. The molecule has 376 valence electrons. The highest BCUT2D eigenvalue weighted by molar-refractivity contribution is 7.91. The van der Waals surface area contributed by atoms with Crippen molar-refractivity contribution >= 4 is 33.0 Å². The van der Waals surface area contributed by atoms with Crippen LogP contribution in [0.3, 0.4) is 0 Å². The molecule has 0 aliphatic heterocycles. The Balaban J connectivity index is -0.000000811. The second kappa shape index (κ2) is 32.9. The summed E-state index contributed by atoms with van der Waals surface area (Å²) in [6, 6.07) is 46.2. The van der Waals surface area contributed by atoms with Gasteiger partial charge in [-0.1, -0.05) is 131 Å². The fourth-order valence-corrected chi connectivity index (χ4v) is 6.17. The highest BCUT2D eigenvalue weighted by atomic mass is 32.2. The Hall–Kier alpha value is -6.65. The molecule has 6 aromatic rings. The van der Waals surface area contributed by atoms with Gasteiger partial charge in [0.25, 0.3) is 0 Å². The van der Waals surface area contributed by atoms with E-state index < -0.39 is 9.84 Å². The Morgan fingerprint density at radius 1 is 0.391 bits per heavy atom. The zero-order valence-electron chi connectivity index (χ0n) is 41.1. The molecule has 6 rings (SSSR count). The molecule has 0 spiro atoms. The molecule has 0 atom stereocenters. The Morgan fingerprint density at radius 2 is 0.638 bits per heavy atom. The van der Waals surface area contributed by atoms with Crippen LogP contribution in [0.15, 0.2) is 168 Å². The lowest BCUT2D eigenvalue weighted by Crippen LogP contribution is -2.10. The Morgan fingerprint density at radius 3 is 0.855 bits per heavy atom. The van der Waals surface area contributed by atoms with E-state index in [0.717, 1.165) is 5.56 Å². The monoisotopic (exact) mass is 965 g/mol. The van der Waals surface area contributed by atoms with Gasteiger partial charge in [-0.3, -0.25) is 14.4 Å². The van der Waals surface area contributed by atoms with E-state index in [4.69, 9.17) is 14.2 Å².